The zero-order valence-corrected chi connectivity index (χ0v) is 14.7. The van der Waals surface area contributed by atoms with Gasteiger partial charge in [-0.15, -0.1) is 20.4 Å². The minimum atomic E-state index is -0.100. The van der Waals surface area contributed by atoms with E-state index in [4.69, 9.17) is 0 Å². The van der Waals surface area contributed by atoms with Crippen molar-refractivity contribution in [3.05, 3.63) is 11.3 Å². The van der Waals surface area contributed by atoms with Gasteiger partial charge in [0.2, 0.25) is 11.0 Å². The number of amides is 1. The Bertz CT molecular complexity index is 636. The first-order chi connectivity index (χ1) is 11.3. The van der Waals surface area contributed by atoms with Crippen molar-refractivity contribution in [2.24, 2.45) is 0 Å². The molecule has 1 N–H and O–H groups in total. The highest BCUT2D eigenvalue weighted by Gasteiger charge is 2.23. The molecule has 3 rings (SSSR count). The monoisotopic (exact) mass is 352 g/mol. The molecule has 1 saturated carbocycles. The average molecular weight is 352 g/mol. The van der Waals surface area contributed by atoms with Crippen molar-refractivity contribution in [1.29, 1.82) is 0 Å². The fourth-order valence-corrected chi connectivity index (χ4v) is 4.15. The third-order valence-corrected chi connectivity index (χ3v) is 5.54. The SMILES string of the molecule is CCn1c(SCC(=O)Nc2nncs2)nnc1C1CCCCC1. The van der Waals surface area contributed by atoms with Crippen LogP contribution < -0.4 is 5.32 Å². The summed E-state index contributed by atoms with van der Waals surface area (Å²) in [6.07, 6.45) is 6.26. The van der Waals surface area contributed by atoms with Crippen molar-refractivity contribution in [2.45, 2.75) is 56.6 Å². The molecule has 1 amide bonds. The standard InChI is InChI=1S/C14H20N6OS2/c1-2-20-12(10-6-4-3-5-7-10)17-19-14(20)22-8-11(21)16-13-18-15-9-23-13/h9-10H,2-8H2,1H3,(H,16,18,21). The van der Waals surface area contributed by atoms with E-state index in [0.717, 1.165) is 17.5 Å². The fraction of sp³-hybridized carbons (Fsp3) is 0.643. The van der Waals surface area contributed by atoms with Crippen LogP contribution in [0.3, 0.4) is 0 Å². The number of hydrogen-bond acceptors (Lipinski definition) is 7. The molecule has 0 aromatic carbocycles. The van der Waals surface area contributed by atoms with Crippen LogP contribution in [0, 0.1) is 0 Å². The highest BCUT2D eigenvalue weighted by molar-refractivity contribution is 7.99. The Balaban J connectivity index is 1.61. The van der Waals surface area contributed by atoms with Gasteiger partial charge in [0.1, 0.15) is 11.3 Å². The number of anilines is 1. The predicted octanol–water partition coefficient (Wildman–Crippen LogP) is 2.93. The van der Waals surface area contributed by atoms with E-state index in [1.54, 1.807) is 5.51 Å². The Hall–Kier alpha value is -1.48. The summed E-state index contributed by atoms with van der Waals surface area (Å²) in [5.74, 6) is 1.79. The Morgan fingerprint density at radius 1 is 1.35 bits per heavy atom. The van der Waals surface area contributed by atoms with E-state index in [0.29, 0.717) is 16.8 Å². The molecular formula is C14H20N6OS2. The molecule has 0 aliphatic heterocycles. The summed E-state index contributed by atoms with van der Waals surface area (Å²) >= 11 is 2.73. The van der Waals surface area contributed by atoms with Gasteiger partial charge in [-0.1, -0.05) is 42.4 Å². The lowest BCUT2D eigenvalue weighted by atomic mass is 9.89. The molecule has 0 saturated heterocycles. The molecule has 2 heterocycles. The number of nitrogens with one attached hydrogen (secondary N) is 1. The first-order valence-electron chi connectivity index (χ1n) is 7.90. The van der Waals surface area contributed by atoms with Gasteiger partial charge in [0, 0.05) is 12.5 Å². The Morgan fingerprint density at radius 2 is 2.17 bits per heavy atom. The second kappa shape index (κ2) is 7.87. The molecule has 2 aromatic rings. The van der Waals surface area contributed by atoms with Crippen LogP contribution >= 0.6 is 23.1 Å². The van der Waals surface area contributed by atoms with E-state index in [-0.39, 0.29) is 5.91 Å². The maximum Gasteiger partial charge on any atom is 0.236 e. The maximum absolute atomic E-state index is 11.9. The first kappa shape index (κ1) is 16.4. The molecule has 124 valence electrons. The number of carbonyl (C=O) groups excluding carboxylic acids is 1. The summed E-state index contributed by atoms with van der Waals surface area (Å²) in [6, 6.07) is 0. The lowest BCUT2D eigenvalue weighted by Gasteiger charge is -2.21. The van der Waals surface area contributed by atoms with Crippen LogP contribution in [-0.2, 0) is 11.3 Å². The van der Waals surface area contributed by atoms with Gasteiger partial charge in [-0.2, -0.15) is 0 Å². The van der Waals surface area contributed by atoms with Gasteiger partial charge in [0.15, 0.2) is 5.16 Å². The summed E-state index contributed by atoms with van der Waals surface area (Å²) in [6.45, 7) is 2.93. The summed E-state index contributed by atoms with van der Waals surface area (Å²) in [7, 11) is 0. The molecule has 0 spiro atoms. The lowest BCUT2D eigenvalue weighted by molar-refractivity contribution is -0.113. The molecule has 1 aliphatic rings. The molecule has 2 aromatic heterocycles. The van der Waals surface area contributed by atoms with Gasteiger partial charge in [0.05, 0.1) is 5.75 Å². The Labute approximate surface area is 143 Å². The van der Waals surface area contributed by atoms with Gasteiger partial charge < -0.3 is 4.57 Å². The van der Waals surface area contributed by atoms with Gasteiger partial charge in [-0.25, -0.2) is 0 Å². The average Bonchev–Trinajstić information content (AvgIpc) is 3.22. The third-order valence-electron chi connectivity index (χ3n) is 3.97. The van der Waals surface area contributed by atoms with Gasteiger partial charge in [-0.05, 0) is 19.8 Å². The predicted molar refractivity (Wildman–Crippen MR) is 90.8 cm³/mol. The normalized spacial score (nSPS) is 15.7. The third kappa shape index (κ3) is 4.08. The van der Waals surface area contributed by atoms with Crippen LogP contribution in [0.15, 0.2) is 10.7 Å². The van der Waals surface area contributed by atoms with Crippen LogP contribution in [0.4, 0.5) is 5.13 Å². The molecule has 7 nitrogen and oxygen atoms in total. The second-order valence-corrected chi connectivity index (χ2v) is 7.28. The summed E-state index contributed by atoms with van der Waals surface area (Å²) < 4.78 is 2.15. The number of hydrogen-bond donors (Lipinski definition) is 1. The largest absolute Gasteiger partial charge is 0.306 e. The van der Waals surface area contributed by atoms with E-state index in [2.05, 4.69) is 37.2 Å². The van der Waals surface area contributed by atoms with E-state index >= 15 is 0 Å². The van der Waals surface area contributed by atoms with Crippen LogP contribution in [0.1, 0.15) is 50.8 Å². The molecular weight excluding hydrogens is 332 g/mol. The van der Waals surface area contributed by atoms with Gasteiger partial charge in [-0.3, -0.25) is 10.1 Å². The Morgan fingerprint density at radius 3 is 2.87 bits per heavy atom. The van der Waals surface area contributed by atoms with Crippen molar-refractivity contribution in [2.75, 3.05) is 11.1 Å². The molecule has 1 aliphatic carbocycles. The maximum atomic E-state index is 11.9. The van der Waals surface area contributed by atoms with E-state index < -0.39 is 0 Å². The number of thioether (sulfide) groups is 1. The molecule has 9 heteroatoms. The van der Waals surface area contributed by atoms with E-state index in [1.807, 2.05) is 0 Å². The van der Waals surface area contributed by atoms with Crippen LogP contribution in [0.25, 0.3) is 0 Å². The molecule has 1 fully saturated rings. The second-order valence-electron chi connectivity index (χ2n) is 5.50. The van der Waals surface area contributed by atoms with Gasteiger partial charge >= 0.3 is 0 Å². The summed E-state index contributed by atoms with van der Waals surface area (Å²) in [5, 5.41) is 20.3. The quantitative estimate of drug-likeness (QED) is 0.805. The van der Waals surface area contributed by atoms with Crippen LogP contribution in [0.2, 0.25) is 0 Å². The van der Waals surface area contributed by atoms with Crippen molar-refractivity contribution in [3.8, 4) is 0 Å². The van der Waals surface area contributed by atoms with Crippen LogP contribution in [0.5, 0.6) is 0 Å². The Kier molecular flexibility index (Phi) is 5.60. The van der Waals surface area contributed by atoms with Crippen molar-refractivity contribution in [3.63, 3.8) is 0 Å². The minimum Gasteiger partial charge on any atom is -0.306 e. The van der Waals surface area contributed by atoms with Crippen molar-refractivity contribution >= 4 is 34.1 Å². The number of aromatic nitrogens is 5. The zero-order chi connectivity index (χ0) is 16.1. The number of rotatable bonds is 6. The number of nitrogens with zero attached hydrogens (tertiary/aromatic N) is 5. The molecule has 23 heavy (non-hydrogen) atoms. The van der Waals surface area contributed by atoms with E-state index in [1.165, 1.54) is 55.2 Å². The molecule has 0 bridgehead atoms. The molecule has 0 unspecified atom stereocenters. The highest BCUT2D eigenvalue weighted by Crippen LogP contribution is 2.33. The van der Waals surface area contributed by atoms with Crippen molar-refractivity contribution < 1.29 is 4.79 Å². The first-order valence-corrected chi connectivity index (χ1v) is 9.76. The summed E-state index contributed by atoms with van der Waals surface area (Å²) in [5.41, 5.74) is 1.59. The zero-order valence-electron chi connectivity index (χ0n) is 13.1. The molecule has 0 atom stereocenters. The topological polar surface area (TPSA) is 85.6 Å². The fourth-order valence-electron chi connectivity index (χ4n) is 2.88. The van der Waals surface area contributed by atoms with E-state index in [9.17, 15) is 4.79 Å². The number of carbonyl (C=O) groups is 1. The van der Waals surface area contributed by atoms with Gasteiger partial charge in [0.25, 0.3) is 0 Å². The highest BCUT2D eigenvalue weighted by atomic mass is 32.2. The smallest absolute Gasteiger partial charge is 0.236 e. The summed E-state index contributed by atoms with van der Waals surface area (Å²) in [4.78, 5) is 11.9. The molecule has 0 radical (unpaired) electrons. The van der Waals surface area contributed by atoms with Crippen LogP contribution in [-0.4, -0.2) is 36.6 Å². The minimum absolute atomic E-state index is 0.100. The lowest BCUT2D eigenvalue weighted by Crippen LogP contribution is -2.15. The van der Waals surface area contributed by atoms with Crippen molar-refractivity contribution in [1.82, 2.24) is 25.0 Å².